The number of halogens is 1. The first-order valence-corrected chi connectivity index (χ1v) is 8.31. The van der Waals surface area contributed by atoms with Crippen LogP contribution in [0.3, 0.4) is 0 Å². The monoisotopic (exact) mass is 345 g/mol. The fraction of sp³-hybridized carbons (Fsp3) is 0.368. The smallest absolute Gasteiger partial charge is 0.0485 e. The van der Waals surface area contributed by atoms with Gasteiger partial charge in [0.2, 0.25) is 0 Å². The molecule has 2 aromatic carbocycles. The fourth-order valence-electron chi connectivity index (χ4n) is 2.61. The summed E-state index contributed by atoms with van der Waals surface area (Å²) < 4.78 is 1.14. The van der Waals surface area contributed by atoms with Crippen molar-refractivity contribution in [2.45, 2.75) is 46.6 Å². The van der Waals surface area contributed by atoms with E-state index >= 15 is 0 Å². The first kappa shape index (κ1) is 16.1. The van der Waals surface area contributed by atoms with Gasteiger partial charge in [0.1, 0.15) is 0 Å². The van der Waals surface area contributed by atoms with Crippen LogP contribution in [-0.2, 0) is 0 Å². The summed E-state index contributed by atoms with van der Waals surface area (Å²) in [6.45, 7) is 11.0. The van der Waals surface area contributed by atoms with E-state index in [9.17, 15) is 0 Å². The van der Waals surface area contributed by atoms with Gasteiger partial charge in [-0.25, -0.2) is 0 Å². The van der Waals surface area contributed by atoms with Crippen molar-refractivity contribution in [2.75, 3.05) is 5.32 Å². The standard InChI is InChI=1S/C19H24BrN/c1-12(2)16-6-8-17(9-7-16)15(5)21-19-13(3)10-18(20)11-14(19)4/h6-12,15,21H,1-5H3. The molecule has 1 N–H and O–H groups in total. The predicted octanol–water partition coefficient (Wildman–Crippen LogP) is 6.36. The van der Waals surface area contributed by atoms with Gasteiger partial charge in [0, 0.05) is 16.2 Å². The Morgan fingerprint density at radius 1 is 0.857 bits per heavy atom. The van der Waals surface area contributed by atoms with E-state index in [4.69, 9.17) is 0 Å². The van der Waals surface area contributed by atoms with Gasteiger partial charge in [-0.2, -0.15) is 0 Å². The molecule has 0 spiro atoms. The van der Waals surface area contributed by atoms with E-state index < -0.39 is 0 Å². The molecule has 1 nitrogen and oxygen atoms in total. The van der Waals surface area contributed by atoms with Crippen LogP contribution < -0.4 is 5.32 Å². The lowest BCUT2D eigenvalue weighted by molar-refractivity contribution is 0.851. The third kappa shape index (κ3) is 3.88. The molecular weight excluding hydrogens is 322 g/mol. The number of rotatable bonds is 4. The van der Waals surface area contributed by atoms with Crippen LogP contribution in [0.2, 0.25) is 0 Å². The molecule has 2 aromatic rings. The van der Waals surface area contributed by atoms with Crippen molar-refractivity contribution in [2.24, 2.45) is 0 Å². The molecule has 0 amide bonds. The summed E-state index contributed by atoms with van der Waals surface area (Å²) in [6.07, 6.45) is 0. The highest BCUT2D eigenvalue weighted by atomic mass is 79.9. The van der Waals surface area contributed by atoms with Crippen molar-refractivity contribution in [1.82, 2.24) is 0 Å². The molecule has 1 atom stereocenters. The summed E-state index contributed by atoms with van der Waals surface area (Å²) in [5.41, 5.74) is 6.49. The molecule has 112 valence electrons. The Kier molecular flexibility index (Phi) is 5.10. The number of benzene rings is 2. The summed E-state index contributed by atoms with van der Waals surface area (Å²) in [6, 6.07) is 13.5. The Morgan fingerprint density at radius 3 is 1.81 bits per heavy atom. The number of aryl methyl sites for hydroxylation is 2. The Bertz CT molecular complexity index is 591. The summed E-state index contributed by atoms with van der Waals surface area (Å²) in [5, 5.41) is 3.65. The Balaban J connectivity index is 2.20. The van der Waals surface area contributed by atoms with Crippen molar-refractivity contribution in [3.05, 3.63) is 63.1 Å². The lowest BCUT2D eigenvalue weighted by Gasteiger charge is -2.20. The molecule has 2 rings (SSSR count). The second-order valence-electron chi connectivity index (χ2n) is 6.10. The lowest BCUT2D eigenvalue weighted by Crippen LogP contribution is -2.09. The van der Waals surface area contributed by atoms with Crippen LogP contribution in [0.25, 0.3) is 0 Å². The summed E-state index contributed by atoms with van der Waals surface area (Å²) in [7, 11) is 0. The Morgan fingerprint density at radius 2 is 1.33 bits per heavy atom. The molecule has 0 saturated carbocycles. The van der Waals surface area contributed by atoms with Gasteiger partial charge in [-0.15, -0.1) is 0 Å². The van der Waals surface area contributed by atoms with E-state index in [0.717, 1.165) is 4.47 Å². The van der Waals surface area contributed by atoms with E-state index in [1.807, 2.05) is 0 Å². The van der Waals surface area contributed by atoms with Crippen LogP contribution in [0.5, 0.6) is 0 Å². The zero-order chi connectivity index (χ0) is 15.6. The van der Waals surface area contributed by atoms with Crippen LogP contribution >= 0.6 is 15.9 Å². The van der Waals surface area contributed by atoms with Crippen LogP contribution in [0, 0.1) is 13.8 Å². The Hall–Kier alpha value is -1.28. The third-order valence-electron chi connectivity index (χ3n) is 3.96. The highest BCUT2D eigenvalue weighted by Crippen LogP contribution is 2.29. The molecule has 0 radical (unpaired) electrons. The molecule has 0 heterocycles. The highest BCUT2D eigenvalue weighted by Gasteiger charge is 2.10. The molecule has 0 fully saturated rings. The van der Waals surface area contributed by atoms with E-state index in [-0.39, 0.29) is 0 Å². The van der Waals surface area contributed by atoms with Gasteiger partial charge in [0.05, 0.1) is 0 Å². The normalized spacial score (nSPS) is 12.5. The van der Waals surface area contributed by atoms with Crippen LogP contribution in [0.4, 0.5) is 5.69 Å². The van der Waals surface area contributed by atoms with Crippen molar-refractivity contribution < 1.29 is 0 Å². The van der Waals surface area contributed by atoms with Gasteiger partial charge in [-0.1, -0.05) is 54.0 Å². The average molecular weight is 346 g/mol. The van der Waals surface area contributed by atoms with Gasteiger partial charge >= 0.3 is 0 Å². The third-order valence-corrected chi connectivity index (χ3v) is 4.42. The molecule has 0 aliphatic heterocycles. The van der Waals surface area contributed by atoms with E-state index in [1.54, 1.807) is 0 Å². The van der Waals surface area contributed by atoms with Crippen LogP contribution in [-0.4, -0.2) is 0 Å². The second-order valence-corrected chi connectivity index (χ2v) is 7.02. The topological polar surface area (TPSA) is 12.0 Å². The number of nitrogens with one attached hydrogen (secondary N) is 1. The molecule has 0 aliphatic rings. The second kappa shape index (κ2) is 6.65. The number of anilines is 1. The SMILES string of the molecule is Cc1cc(Br)cc(C)c1NC(C)c1ccc(C(C)C)cc1. The maximum absolute atomic E-state index is 3.65. The van der Waals surface area contributed by atoms with E-state index in [1.165, 1.54) is 27.9 Å². The van der Waals surface area contributed by atoms with Gasteiger partial charge in [0.25, 0.3) is 0 Å². The van der Waals surface area contributed by atoms with Crippen molar-refractivity contribution in [1.29, 1.82) is 0 Å². The van der Waals surface area contributed by atoms with E-state index in [0.29, 0.717) is 12.0 Å². The van der Waals surface area contributed by atoms with Gasteiger partial charge in [-0.3, -0.25) is 0 Å². The quantitative estimate of drug-likeness (QED) is 0.679. The zero-order valence-electron chi connectivity index (χ0n) is 13.5. The molecule has 0 bridgehead atoms. The average Bonchev–Trinajstić information content (AvgIpc) is 2.42. The Labute approximate surface area is 136 Å². The first-order valence-electron chi connectivity index (χ1n) is 7.51. The molecule has 0 aromatic heterocycles. The minimum atomic E-state index is 0.296. The number of hydrogen-bond donors (Lipinski definition) is 1. The number of hydrogen-bond acceptors (Lipinski definition) is 1. The highest BCUT2D eigenvalue weighted by molar-refractivity contribution is 9.10. The first-order chi connectivity index (χ1) is 9.88. The summed E-state index contributed by atoms with van der Waals surface area (Å²) >= 11 is 3.55. The minimum absolute atomic E-state index is 0.296. The zero-order valence-corrected chi connectivity index (χ0v) is 15.1. The largest absolute Gasteiger partial charge is 0.378 e. The molecule has 0 saturated heterocycles. The lowest BCUT2D eigenvalue weighted by atomic mass is 9.99. The van der Waals surface area contributed by atoms with Crippen LogP contribution in [0.15, 0.2) is 40.9 Å². The maximum Gasteiger partial charge on any atom is 0.0485 e. The maximum atomic E-state index is 3.65. The molecule has 1 unspecified atom stereocenters. The van der Waals surface area contributed by atoms with Gasteiger partial charge in [-0.05, 0) is 61.1 Å². The summed E-state index contributed by atoms with van der Waals surface area (Å²) in [5.74, 6) is 0.582. The minimum Gasteiger partial charge on any atom is -0.378 e. The van der Waals surface area contributed by atoms with Gasteiger partial charge < -0.3 is 5.32 Å². The molecular formula is C19H24BrN. The van der Waals surface area contributed by atoms with Crippen molar-refractivity contribution in [3.63, 3.8) is 0 Å². The molecule has 2 heteroatoms. The fourth-order valence-corrected chi connectivity index (χ4v) is 3.29. The summed E-state index contributed by atoms with van der Waals surface area (Å²) in [4.78, 5) is 0. The van der Waals surface area contributed by atoms with Crippen molar-refractivity contribution in [3.8, 4) is 0 Å². The predicted molar refractivity (Wildman–Crippen MR) is 96.2 cm³/mol. The van der Waals surface area contributed by atoms with Gasteiger partial charge in [0.15, 0.2) is 0 Å². The molecule has 21 heavy (non-hydrogen) atoms. The molecule has 0 aliphatic carbocycles. The van der Waals surface area contributed by atoms with Crippen LogP contribution in [0.1, 0.15) is 55.0 Å². The van der Waals surface area contributed by atoms with Crippen molar-refractivity contribution >= 4 is 21.6 Å². The van der Waals surface area contributed by atoms with E-state index in [2.05, 4.69) is 92.3 Å².